The topological polar surface area (TPSA) is 60.2 Å². The van der Waals surface area contributed by atoms with Crippen molar-refractivity contribution in [1.29, 1.82) is 0 Å². The summed E-state index contributed by atoms with van der Waals surface area (Å²) in [6.45, 7) is 5.09. The molecule has 2 rings (SSSR count). The standard InChI is InChI=1S/C14H19N3O2/c1-3-13(18)12-10-17(16-15-12)9-11-7-5-6-8-14(11)19-4-2/h5-8,10,13,18H,3-4,9H2,1-2H3. The molecule has 0 spiro atoms. The smallest absolute Gasteiger partial charge is 0.124 e. The van der Waals surface area contributed by atoms with Crippen LogP contribution in [0, 0.1) is 0 Å². The summed E-state index contributed by atoms with van der Waals surface area (Å²) in [4.78, 5) is 0. The third kappa shape index (κ3) is 3.32. The van der Waals surface area contributed by atoms with E-state index in [1.807, 2.05) is 38.1 Å². The first kappa shape index (κ1) is 13.5. The molecule has 0 radical (unpaired) electrons. The minimum Gasteiger partial charge on any atom is -0.494 e. The van der Waals surface area contributed by atoms with Gasteiger partial charge in [0.25, 0.3) is 0 Å². The molecule has 2 aromatic rings. The highest BCUT2D eigenvalue weighted by atomic mass is 16.5. The SMILES string of the molecule is CCOc1ccccc1Cn1cc(C(O)CC)nn1. The molecule has 1 aromatic heterocycles. The number of rotatable bonds is 6. The number of aliphatic hydroxyl groups is 1. The number of ether oxygens (including phenoxy) is 1. The molecule has 1 N–H and O–H groups in total. The van der Waals surface area contributed by atoms with Gasteiger partial charge in [0.15, 0.2) is 0 Å². The summed E-state index contributed by atoms with van der Waals surface area (Å²) in [7, 11) is 0. The van der Waals surface area contributed by atoms with E-state index in [2.05, 4.69) is 10.3 Å². The van der Waals surface area contributed by atoms with Gasteiger partial charge in [0, 0.05) is 5.56 Å². The van der Waals surface area contributed by atoms with Crippen LogP contribution in [0.25, 0.3) is 0 Å². The van der Waals surface area contributed by atoms with Crippen LogP contribution in [0.15, 0.2) is 30.5 Å². The van der Waals surface area contributed by atoms with Gasteiger partial charge in [-0.25, -0.2) is 4.68 Å². The van der Waals surface area contributed by atoms with Crippen LogP contribution in [0.3, 0.4) is 0 Å². The number of aliphatic hydroxyl groups excluding tert-OH is 1. The first-order valence-corrected chi connectivity index (χ1v) is 6.53. The predicted octanol–water partition coefficient (Wildman–Crippen LogP) is 2.17. The van der Waals surface area contributed by atoms with Crippen molar-refractivity contribution < 1.29 is 9.84 Å². The van der Waals surface area contributed by atoms with E-state index in [4.69, 9.17) is 4.74 Å². The molecule has 0 saturated heterocycles. The number of para-hydroxylation sites is 1. The van der Waals surface area contributed by atoms with Gasteiger partial charge in [0.1, 0.15) is 11.4 Å². The number of nitrogens with zero attached hydrogens (tertiary/aromatic N) is 3. The first-order valence-electron chi connectivity index (χ1n) is 6.53. The summed E-state index contributed by atoms with van der Waals surface area (Å²) >= 11 is 0. The summed E-state index contributed by atoms with van der Waals surface area (Å²) in [5.41, 5.74) is 1.66. The molecule has 0 amide bonds. The number of aromatic nitrogens is 3. The Kier molecular flexibility index (Phi) is 4.52. The van der Waals surface area contributed by atoms with Crippen LogP contribution in [-0.2, 0) is 6.54 Å². The minimum atomic E-state index is -0.545. The van der Waals surface area contributed by atoms with Gasteiger partial charge in [0.05, 0.1) is 25.5 Å². The Balaban J connectivity index is 2.14. The molecular formula is C14H19N3O2. The highest BCUT2D eigenvalue weighted by Gasteiger charge is 2.10. The van der Waals surface area contributed by atoms with Crippen LogP contribution >= 0.6 is 0 Å². The van der Waals surface area contributed by atoms with E-state index in [-0.39, 0.29) is 0 Å². The van der Waals surface area contributed by atoms with Gasteiger partial charge < -0.3 is 9.84 Å². The first-order chi connectivity index (χ1) is 9.24. The van der Waals surface area contributed by atoms with E-state index in [1.54, 1.807) is 10.9 Å². The summed E-state index contributed by atoms with van der Waals surface area (Å²) in [6, 6.07) is 7.86. The lowest BCUT2D eigenvalue weighted by Gasteiger charge is -2.09. The molecule has 1 atom stereocenters. The zero-order valence-corrected chi connectivity index (χ0v) is 11.3. The fraction of sp³-hybridized carbons (Fsp3) is 0.429. The van der Waals surface area contributed by atoms with Gasteiger partial charge >= 0.3 is 0 Å². The molecule has 102 valence electrons. The summed E-state index contributed by atoms with van der Waals surface area (Å²) < 4.78 is 7.29. The van der Waals surface area contributed by atoms with Crippen molar-refractivity contribution >= 4 is 0 Å². The molecule has 0 saturated carbocycles. The van der Waals surface area contributed by atoms with Gasteiger partial charge in [-0.15, -0.1) is 5.10 Å². The van der Waals surface area contributed by atoms with Gasteiger partial charge in [-0.3, -0.25) is 0 Å². The lowest BCUT2D eigenvalue weighted by molar-refractivity contribution is 0.168. The van der Waals surface area contributed by atoms with Crippen molar-refractivity contribution in [3.05, 3.63) is 41.7 Å². The van der Waals surface area contributed by atoms with Crippen molar-refractivity contribution in [2.24, 2.45) is 0 Å². The van der Waals surface area contributed by atoms with E-state index in [0.29, 0.717) is 25.3 Å². The van der Waals surface area contributed by atoms with Crippen molar-refractivity contribution in [2.75, 3.05) is 6.61 Å². The van der Waals surface area contributed by atoms with Crippen LogP contribution in [0.5, 0.6) is 5.75 Å². The fourth-order valence-electron chi connectivity index (χ4n) is 1.86. The predicted molar refractivity (Wildman–Crippen MR) is 72.0 cm³/mol. The Morgan fingerprint density at radius 2 is 2.11 bits per heavy atom. The van der Waals surface area contributed by atoms with Crippen LogP contribution < -0.4 is 4.74 Å². The molecule has 0 aliphatic rings. The van der Waals surface area contributed by atoms with Gasteiger partial charge in [-0.05, 0) is 19.4 Å². The minimum absolute atomic E-state index is 0.545. The van der Waals surface area contributed by atoms with Crippen LogP contribution in [0.4, 0.5) is 0 Å². The van der Waals surface area contributed by atoms with Gasteiger partial charge in [0.2, 0.25) is 0 Å². The molecule has 19 heavy (non-hydrogen) atoms. The molecule has 0 aliphatic carbocycles. The second kappa shape index (κ2) is 6.33. The third-order valence-electron chi connectivity index (χ3n) is 2.89. The molecule has 5 nitrogen and oxygen atoms in total. The maximum atomic E-state index is 9.71. The molecule has 1 unspecified atom stereocenters. The molecule has 0 bridgehead atoms. The molecule has 0 aliphatic heterocycles. The van der Waals surface area contributed by atoms with E-state index in [9.17, 15) is 5.11 Å². The van der Waals surface area contributed by atoms with Crippen molar-refractivity contribution in [1.82, 2.24) is 15.0 Å². The summed E-state index contributed by atoms with van der Waals surface area (Å²) in [5.74, 6) is 0.859. The highest BCUT2D eigenvalue weighted by Crippen LogP contribution is 2.19. The van der Waals surface area contributed by atoms with Crippen molar-refractivity contribution in [2.45, 2.75) is 32.9 Å². The zero-order chi connectivity index (χ0) is 13.7. The van der Waals surface area contributed by atoms with Crippen LogP contribution in [0.2, 0.25) is 0 Å². The summed E-state index contributed by atoms with van der Waals surface area (Å²) in [6.07, 6.45) is 1.86. The Bertz CT molecular complexity index is 525. The molecular weight excluding hydrogens is 242 g/mol. The van der Waals surface area contributed by atoms with Gasteiger partial charge in [-0.1, -0.05) is 30.3 Å². The van der Waals surface area contributed by atoms with Crippen LogP contribution in [-0.4, -0.2) is 26.7 Å². The molecule has 0 fully saturated rings. The quantitative estimate of drug-likeness (QED) is 0.865. The Labute approximate surface area is 112 Å². The molecule has 5 heteroatoms. The summed E-state index contributed by atoms with van der Waals surface area (Å²) in [5, 5.41) is 17.7. The Morgan fingerprint density at radius 1 is 1.32 bits per heavy atom. The van der Waals surface area contributed by atoms with E-state index in [1.165, 1.54) is 0 Å². The number of benzene rings is 1. The largest absolute Gasteiger partial charge is 0.494 e. The van der Waals surface area contributed by atoms with Gasteiger partial charge in [-0.2, -0.15) is 0 Å². The van der Waals surface area contributed by atoms with E-state index in [0.717, 1.165) is 11.3 Å². The number of hydrogen-bond donors (Lipinski definition) is 1. The average Bonchev–Trinajstić information content (AvgIpc) is 2.89. The van der Waals surface area contributed by atoms with Crippen molar-refractivity contribution in [3.8, 4) is 5.75 Å². The van der Waals surface area contributed by atoms with E-state index >= 15 is 0 Å². The lowest BCUT2D eigenvalue weighted by Crippen LogP contribution is -2.03. The maximum absolute atomic E-state index is 9.71. The Morgan fingerprint density at radius 3 is 2.84 bits per heavy atom. The Hall–Kier alpha value is -1.88. The second-order valence-electron chi connectivity index (χ2n) is 4.31. The molecule has 1 aromatic carbocycles. The third-order valence-corrected chi connectivity index (χ3v) is 2.89. The maximum Gasteiger partial charge on any atom is 0.124 e. The van der Waals surface area contributed by atoms with Crippen LogP contribution in [0.1, 0.15) is 37.6 Å². The van der Waals surface area contributed by atoms with E-state index < -0.39 is 6.10 Å². The lowest BCUT2D eigenvalue weighted by atomic mass is 10.2. The monoisotopic (exact) mass is 261 g/mol. The molecule has 1 heterocycles. The number of hydrogen-bond acceptors (Lipinski definition) is 4. The zero-order valence-electron chi connectivity index (χ0n) is 11.3. The fourth-order valence-corrected chi connectivity index (χ4v) is 1.86. The highest BCUT2D eigenvalue weighted by molar-refractivity contribution is 5.33. The average molecular weight is 261 g/mol. The normalized spacial score (nSPS) is 12.4. The second-order valence-corrected chi connectivity index (χ2v) is 4.31. The van der Waals surface area contributed by atoms with Crippen molar-refractivity contribution in [3.63, 3.8) is 0 Å².